The van der Waals surface area contributed by atoms with E-state index in [1.807, 2.05) is 30.3 Å². The molecular weight excluding hydrogens is 381 g/mol. The number of nitrogens with zero attached hydrogens (tertiary/aromatic N) is 3. The highest BCUT2D eigenvalue weighted by atomic mass is 19.1. The zero-order valence-electron chi connectivity index (χ0n) is 16.4. The third kappa shape index (κ3) is 3.00. The average molecular weight is 403 g/mol. The van der Waals surface area contributed by atoms with Gasteiger partial charge >= 0.3 is 0 Å². The number of anilines is 1. The number of para-hydroxylation sites is 1. The van der Waals surface area contributed by atoms with Crippen molar-refractivity contribution in [2.45, 2.75) is 24.5 Å². The Morgan fingerprint density at radius 3 is 2.57 bits per heavy atom. The van der Waals surface area contributed by atoms with Crippen molar-refractivity contribution in [3.63, 3.8) is 0 Å². The van der Waals surface area contributed by atoms with Crippen LogP contribution in [-0.4, -0.2) is 46.1 Å². The maximum absolute atomic E-state index is 14.3. The number of carbonyl (C=O) groups is 1. The third-order valence-electron chi connectivity index (χ3n) is 6.31. The summed E-state index contributed by atoms with van der Waals surface area (Å²) in [5, 5.41) is 10.1. The third-order valence-corrected chi connectivity index (χ3v) is 6.31. The van der Waals surface area contributed by atoms with Gasteiger partial charge < -0.3 is 10.0 Å². The highest BCUT2D eigenvalue weighted by Crippen LogP contribution is 2.49. The average Bonchev–Trinajstić information content (AvgIpc) is 2.78. The predicted molar refractivity (Wildman–Crippen MR) is 112 cm³/mol. The second kappa shape index (κ2) is 7.63. The summed E-state index contributed by atoms with van der Waals surface area (Å²) >= 11 is 0. The lowest BCUT2D eigenvalue weighted by atomic mass is 9.71. The number of hydrogen-bond acceptors (Lipinski definition) is 4. The van der Waals surface area contributed by atoms with Crippen molar-refractivity contribution in [3.8, 4) is 0 Å². The minimum absolute atomic E-state index is 0.0117. The Kier molecular flexibility index (Phi) is 4.81. The van der Waals surface area contributed by atoms with Gasteiger partial charge in [-0.05, 0) is 29.8 Å². The van der Waals surface area contributed by atoms with Crippen LogP contribution in [-0.2, 0) is 6.54 Å². The van der Waals surface area contributed by atoms with Crippen LogP contribution in [0.5, 0.6) is 0 Å². The van der Waals surface area contributed by atoms with Crippen molar-refractivity contribution in [2.24, 2.45) is 0 Å². The van der Waals surface area contributed by atoms with Crippen molar-refractivity contribution in [3.05, 3.63) is 95.6 Å². The molecule has 2 aliphatic heterocycles. The van der Waals surface area contributed by atoms with Crippen LogP contribution in [0.15, 0.2) is 73.1 Å². The number of carbonyl (C=O) groups excluding carboxylic acids is 1. The van der Waals surface area contributed by atoms with Crippen LogP contribution < -0.4 is 4.90 Å². The second-order valence-electron chi connectivity index (χ2n) is 7.82. The first-order valence-electron chi connectivity index (χ1n) is 10.1. The fourth-order valence-electron chi connectivity index (χ4n) is 4.87. The summed E-state index contributed by atoms with van der Waals surface area (Å²) in [7, 11) is 0. The number of hydrogen-bond donors (Lipinski definition) is 1. The number of aliphatic hydroxyl groups is 1. The second-order valence-corrected chi connectivity index (χ2v) is 7.82. The van der Waals surface area contributed by atoms with Gasteiger partial charge in [-0.25, -0.2) is 4.39 Å². The van der Waals surface area contributed by atoms with E-state index in [1.54, 1.807) is 41.6 Å². The van der Waals surface area contributed by atoms with Crippen molar-refractivity contribution in [1.82, 2.24) is 9.88 Å². The van der Waals surface area contributed by atoms with Gasteiger partial charge in [-0.15, -0.1) is 0 Å². The lowest BCUT2D eigenvalue weighted by Gasteiger charge is -2.59. The molecule has 2 aliphatic rings. The SMILES string of the molecule is O=C(c1ccncc1)N1C[C@@H]2[C@H](c3ccccc31)[C@H](CO)N2Cc1ccccc1F. The summed E-state index contributed by atoms with van der Waals surface area (Å²) in [5.41, 5.74) is 3.11. The molecule has 0 aliphatic carbocycles. The maximum Gasteiger partial charge on any atom is 0.258 e. The van der Waals surface area contributed by atoms with Crippen molar-refractivity contribution in [1.29, 1.82) is 0 Å². The molecule has 1 saturated heterocycles. The van der Waals surface area contributed by atoms with E-state index in [2.05, 4.69) is 9.88 Å². The van der Waals surface area contributed by atoms with E-state index in [1.165, 1.54) is 6.07 Å². The summed E-state index contributed by atoms with van der Waals surface area (Å²) in [6.45, 7) is 0.883. The molecule has 3 heterocycles. The minimum atomic E-state index is -0.251. The van der Waals surface area contributed by atoms with Crippen LogP contribution in [0.1, 0.15) is 27.4 Å². The molecule has 0 unspecified atom stereocenters. The van der Waals surface area contributed by atoms with E-state index in [0.29, 0.717) is 24.2 Å². The van der Waals surface area contributed by atoms with Gasteiger partial charge in [0.05, 0.1) is 6.61 Å². The Morgan fingerprint density at radius 1 is 1.07 bits per heavy atom. The highest BCUT2D eigenvalue weighted by molar-refractivity contribution is 6.07. The Bertz CT molecular complexity index is 1070. The van der Waals surface area contributed by atoms with Gasteiger partial charge in [0.15, 0.2) is 0 Å². The molecule has 2 aromatic carbocycles. The molecule has 1 N–H and O–H groups in total. The normalized spacial score (nSPS) is 22.7. The first-order chi connectivity index (χ1) is 14.7. The van der Waals surface area contributed by atoms with Crippen LogP contribution in [0.4, 0.5) is 10.1 Å². The number of rotatable bonds is 4. The van der Waals surface area contributed by atoms with Gasteiger partial charge in [0.25, 0.3) is 5.91 Å². The minimum Gasteiger partial charge on any atom is -0.395 e. The zero-order valence-corrected chi connectivity index (χ0v) is 16.4. The molecule has 0 radical (unpaired) electrons. The Morgan fingerprint density at radius 2 is 1.80 bits per heavy atom. The van der Waals surface area contributed by atoms with Crippen LogP contribution in [0.3, 0.4) is 0 Å². The van der Waals surface area contributed by atoms with Crippen LogP contribution in [0, 0.1) is 5.82 Å². The van der Waals surface area contributed by atoms with Gasteiger partial charge in [-0.3, -0.25) is 14.7 Å². The zero-order chi connectivity index (χ0) is 20.7. The van der Waals surface area contributed by atoms with E-state index in [-0.39, 0.29) is 36.3 Å². The van der Waals surface area contributed by atoms with Gasteiger partial charge in [0, 0.05) is 60.3 Å². The van der Waals surface area contributed by atoms with Gasteiger partial charge in [0.2, 0.25) is 0 Å². The summed E-state index contributed by atoms with van der Waals surface area (Å²) in [4.78, 5) is 21.2. The van der Waals surface area contributed by atoms with E-state index in [4.69, 9.17) is 0 Å². The monoisotopic (exact) mass is 403 g/mol. The Labute approximate surface area is 174 Å². The van der Waals surface area contributed by atoms with Crippen molar-refractivity contribution in [2.75, 3.05) is 18.1 Å². The molecule has 0 spiro atoms. The summed E-state index contributed by atoms with van der Waals surface area (Å²) in [6, 6.07) is 17.9. The summed E-state index contributed by atoms with van der Waals surface area (Å²) in [5.74, 6) is -0.223. The molecule has 3 aromatic rings. The van der Waals surface area contributed by atoms with Crippen molar-refractivity contribution < 1.29 is 14.3 Å². The number of fused-ring (bicyclic) bond motifs is 3. The molecule has 3 atom stereocenters. The maximum atomic E-state index is 14.3. The van der Waals surface area contributed by atoms with Crippen molar-refractivity contribution >= 4 is 11.6 Å². The highest BCUT2D eigenvalue weighted by Gasteiger charge is 2.53. The van der Waals surface area contributed by atoms with E-state index in [9.17, 15) is 14.3 Å². The van der Waals surface area contributed by atoms with Crippen LogP contribution in [0.2, 0.25) is 0 Å². The summed E-state index contributed by atoms with van der Waals surface area (Å²) < 4.78 is 14.3. The molecule has 1 amide bonds. The smallest absolute Gasteiger partial charge is 0.258 e. The largest absolute Gasteiger partial charge is 0.395 e. The van der Waals surface area contributed by atoms with E-state index < -0.39 is 0 Å². The molecule has 0 bridgehead atoms. The topological polar surface area (TPSA) is 56.7 Å². The molecule has 5 nitrogen and oxygen atoms in total. The number of amides is 1. The molecule has 152 valence electrons. The number of halogens is 1. The number of aromatic nitrogens is 1. The first kappa shape index (κ1) is 18.9. The number of aliphatic hydroxyl groups excluding tert-OH is 1. The lowest BCUT2D eigenvalue weighted by molar-refractivity contribution is -0.0494. The molecule has 5 rings (SSSR count). The fourth-order valence-corrected chi connectivity index (χ4v) is 4.87. The predicted octanol–water partition coefficient (Wildman–Crippen LogP) is 3.21. The summed E-state index contributed by atoms with van der Waals surface area (Å²) in [6.07, 6.45) is 3.23. The molecular formula is C24H22FN3O2. The van der Waals surface area contributed by atoms with Crippen LogP contribution >= 0.6 is 0 Å². The Hall–Kier alpha value is -3.09. The van der Waals surface area contributed by atoms with Crippen LogP contribution in [0.25, 0.3) is 0 Å². The van der Waals surface area contributed by atoms with Gasteiger partial charge in [-0.1, -0.05) is 36.4 Å². The molecule has 0 saturated carbocycles. The van der Waals surface area contributed by atoms with Gasteiger partial charge in [-0.2, -0.15) is 0 Å². The lowest BCUT2D eigenvalue weighted by Crippen LogP contribution is -2.68. The number of likely N-dealkylation sites (tertiary alicyclic amines) is 1. The van der Waals surface area contributed by atoms with E-state index in [0.717, 1.165) is 11.3 Å². The fraction of sp³-hybridized carbons (Fsp3) is 0.250. The molecule has 30 heavy (non-hydrogen) atoms. The number of benzene rings is 2. The Balaban J connectivity index is 1.50. The molecule has 1 fully saturated rings. The quantitative estimate of drug-likeness (QED) is 0.727. The first-order valence-corrected chi connectivity index (χ1v) is 10.1. The molecule has 1 aromatic heterocycles. The standard InChI is InChI=1S/C24H22FN3O2/c25-19-7-3-1-5-17(19)13-27-21-14-28(24(30)16-9-11-26-12-10-16)20-8-4-2-6-18(20)23(21)22(27)15-29/h1-12,21-23,29H,13-15H2/t21-,22+,23+/m1/s1. The number of pyridine rings is 1. The van der Waals surface area contributed by atoms with Gasteiger partial charge in [0.1, 0.15) is 5.82 Å². The molecule has 6 heteroatoms. The van der Waals surface area contributed by atoms with E-state index >= 15 is 0 Å².